The fourth-order valence-electron chi connectivity index (χ4n) is 4.34. The number of halogens is 1. The van der Waals surface area contributed by atoms with E-state index in [0.29, 0.717) is 24.9 Å². The molecule has 4 rings (SSSR count). The third-order valence-corrected chi connectivity index (χ3v) is 6.15. The molecule has 2 aliphatic heterocycles. The summed E-state index contributed by atoms with van der Waals surface area (Å²) in [5, 5.41) is 9.74. The zero-order chi connectivity index (χ0) is 17.4. The monoisotopic (exact) mass is 361 g/mol. The average Bonchev–Trinajstić information content (AvgIpc) is 2.60. The molecule has 1 aromatic carbocycles. The Morgan fingerprint density at radius 3 is 2.92 bits per heavy atom. The minimum Gasteiger partial charge on any atom is -0.384 e. The predicted molar refractivity (Wildman–Crippen MR) is 98.9 cm³/mol. The molecule has 5 nitrogen and oxygen atoms in total. The molecule has 0 spiro atoms. The normalized spacial score (nSPS) is 31.4. The second kappa shape index (κ2) is 6.87. The Bertz CT molecular complexity index is 693. The van der Waals surface area contributed by atoms with Crippen LogP contribution in [0.4, 0.5) is 11.4 Å². The molecule has 0 radical (unpaired) electrons. The molecule has 2 heterocycles. The third-order valence-electron chi connectivity index (χ3n) is 5.76. The van der Waals surface area contributed by atoms with E-state index in [1.807, 2.05) is 12.1 Å². The minimum absolute atomic E-state index is 0.0149. The third kappa shape index (κ3) is 3.61. The van der Waals surface area contributed by atoms with Crippen LogP contribution in [0, 0.1) is 11.8 Å². The van der Waals surface area contributed by atoms with Gasteiger partial charge in [0.1, 0.15) is 0 Å². The van der Waals surface area contributed by atoms with Crippen LogP contribution in [0.2, 0.25) is 0 Å². The van der Waals surface area contributed by atoms with Gasteiger partial charge in [-0.05, 0) is 61.8 Å². The van der Waals surface area contributed by atoms with Crippen LogP contribution in [0.3, 0.4) is 0 Å². The number of piperidine rings is 1. The van der Waals surface area contributed by atoms with E-state index in [1.165, 1.54) is 0 Å². The van der Waals surface area contributed by atoms with Crippen LogP contribution in [0.25, 0.3) is 0 Å². The minimum atomic E-state index is -0.0149. The first-order valence-electron chi connectivity index (χ1n) is 9.19. The second-order valence-corrected chi connectivity index (χ2v) is 8.14. The van der Waals surface area contributed by atoms with Crippen molar-refractivity contribution in [2.45, 2.75) is 49.9 Å². The molecule has 0 aromatic heterocycles. The number of aryl methyl sites for hydroxylation is 1. The fraction of sp³-hybridized carbons (Fsp3) is 0.579. The van der Waals surface area contributed by atoms with E-state index in [4.69, 9.17) is 11.6 Å². The van der Waals surface area contributed by atoms with E-state index in [0.717, 1.165) is 49.0 Å². The van der Waals surface area contributed by atoms with Crippen LogP contribution >= 0.6 is 11.6 Å². The lowest BCUT2D eigenvalue weighted by Crippen LogP contribution is -2.53. The summed E-state index contributed by atoms with van der Waals surface area (Å²) < 4.78 is 0. The molecule has 3 N–H and O–H groups in total. The molecule has 2 amide bonds. The Morgan fingerprint density at radius 2 is 2.04 bits per heavy atom. The molecule has 1 saturated carbocycles. The zero-order valence-electron chi connectivity index (χ0n) is 14.2. The molecule has 3 aliphatic rings. The molecular formula is C19H24ClN3O2. The molecule has 6 heteroatoms. The van der Waals surface area contributed by atoms with Crippen molar-refractivity contribution in [2.75, 3.05) is 17.2 Å². The molecular weight excluding hydrogens is 338 g/mol. The van der Waals surface area contributed by atoms with Crippen LogP contribution in [0.5, 0.6) is 0 Å². The summed E-state index contributed by atoms with van der Waals surface area (Å²) in [5.74, 6) is 0.720. The van der Waals surface area contributed by atoms with Crippen LogP contribution in [0.15, 0.2) is 18.2 Å². The summed E-state index contributed by atoms with van der Waals surface area (Å²) in [7, 11) is 0. The number of fused-ring (bicyclic) bond motifs is 2. The van der Waals surface area contributed by atoms with Gasteiger partial charge in [-0.1, -0.05) is 0 Å². The van der Waals surface area contributed by atoms with Gasteiger partial charge >= 0.3 is 0 Å². The van der Waals surface area contributed by atoms with Crippen molar-refractivity contribution in [3.8, 4) is 0 Å². The van der Waals surface area contributed by atoms with Gasteiger partial charge in [-0.3, -0.25) is 9.59 Å². The van der Waals surface area contributed by atoms with E-state index >= 15 is 0 Å². The number of hydrogen-bond donors (Lipinski definition) is 3. The Morgan fingerprint density at radius 1 is 1.16 bits per heavy atom. The SMILES string of the molecule is O=C1CCc2cc(NCC3CC4CC(Cl)CCC4NC3=O)ccc2N1. The highest BCUT2D eigenvalue weighted by atomic mass is 35.5. The quantitative estimate of drug-likeness (QED) is 0.725. The van der Waals surface area contributed by atoms with Crippen molar-refractivity contribution in [1.29, 1.82) is 0 Å². The highest BCUT2D eigenvalue weighted by Crippen LogP contribution is 2.35. The van der Waals surface area contributed by atoms with E-state index in [1.54, 1.807) is 0 Å². The summed E-state index contributed by atoms with van der Waals surface area (Å²) >= 11 is 6.31. The smallest absolute Gasteiger partial charge is 0.225 e. The van der Waals surface area contributed by atoms with Crippen LogP contribution in [0.1, 0.15) is 37.7 Å². The van der Waals surface area contributed by atoms with Crippen molar-refractivity contribution in [3.05, 3.63) is 23.8 Å². The highest BCUT2D eigenvalue weighted by molar-refractivity contribution is 6.20. The maximum absolute atomic E-state index is 12.4. The van der Waals surface area contributed by atoms with Gasteiger partial charge in [-0.15, -0.1) is 11.6 Å². The molecule has 1 aromatic rings. The lowest BCUT2D eigenvalue weighted by Gasteiger charge is -2.41. The number of carbonyl (C=O) groups is 2. The maximum Gasteiger partial charge on any atom is 0.225 e. The average molecular weight is 362 g/mol. The standard InChI is InChI=1S/C19H24ClN3O2/c20-14-2-4-17-12(8-14)7-13(19(25)23-17)10-21-15-3-5-16-11(9-15)1-6-18(24)22-16/h3,5,9,12-14,17,21H,1-2,4,6-8,10H2,(H,22,24)(H,23,25). The lowest BCUT2D eigenvalue weighted by atomic mass is 9.75. The first-order chi connectivity index (χ1) is 12.1. The molecule has 0 bridgehead atoms. The van der Waals surface area contributed by atoms with E-state index in [9.17, 15) is 9.59 Å². The Labute approximate surface area is 152 Å². The molecule has 1 saturated heterocycles. The molecule has 1 aliphatic carbocycles. The van der Waals surface area contributed by atoms with Gasteiger partial charge in [-0.2, -0.15) is 0 Å². The zero-order valence-corrected chi connectivity index (χ0v) is 14.9. The van der Waals surface area contributed by atoms with Gasteiger partial charge in [0.2, 0.25) is 11.8 Å². The molecule has 25 heavy (non-hydrogen) atoms. The van der Waals surface area contributed by atoms with Crippen molar-refractivity contribution in [2.24, 2.45) is 11.8 Å². The van der Waals surface area contributed by atoms with Crippen molar-refractivity contribution in [3.63, 3.8) is 0 Å². The fourth-order valence-corrected chi connectivity index (χ4v) is 4.70. The molecule has 4 atom stereocenters. The van der Waals surface area contributed by atoms with Gasteiger partial charge in [0, 0.05) is 35.8 Å². The number of alkyl halides is 1. The summed E-state index contributed by atoms with van der Waals surface area (Å²) in [4.78, 5) is 23.8. The maximum atomic E-state index is 12.4. The second-order valence-electron chi connectivity index (χ2n) is 7.52. The van der Waals surface area contributed by atoms with Gasteiger partial charge in [0.05, 0.1) is 5.92 Å². The van der Waals surface area contributed by atoms with Crippen molar-refractivity contribution in [1.82, 2.24) is 5.32 Å². The Kier molecular flexibility index (Phi) is 4.59. The van der Waals surface area contributed by atoms with E-state index in [2.05, 4.69) is 22.0 Å². The van der Waals surface area contributed by atoms with Crippen LogP contribution in [-0.4, -0.2) is 29.8 Å². The number of carbonyl (C=O) groups excluding carboxylic acids is 2. The summed E-state index contributed by atoms with van der Waals surface area (Å²) in [6.07, 6.45) is 5.21. The van der Waals surface area contributed by atoms with Gasteiger partial charge < -0.3 is 16.0 Å². The summed E-state index contributed by atoms with van der Waals surface area (Å²) in [6.45, 7) is 0.632. The molecule has 4 unspecified atom stereocenters. The van der Waals surface area contributed by atoms with Gasteiger partial charge in [0.15, 0.2) is 0 Å². The summed E-state index contributed by atoms with van der Waals surface area (Å²) in [5.41, 5.74) is 3.05. The number of nitrogens with one attached hydrogen (secondary N) is 3. The molecule has 134 valence electrons. The largest absolute Gasteiger partial charge is 0.384 e. The molecule has 2 fully saturated rings. The lowest BCUT2D eigenvalue weighted by molar-refractivity contribution is -0.129. The van der Waals surface area contributed by atoms with Crippen LogP contribution < -0.4 is 16.0 Å². The van der Waals surface area contributed by atoms with Crippen molar-refractivity contribution >= 4 is 34.8 Å². The number of hydrogen-bond acceptors (Lipinski definition) is 3. The van der Waals surface area contributed by atoms with E-state index < -0.39 is 0 Å². The topological polar surface area (TPSA) is 70.2 Å². The highest BCUT2D eigenvalue weighted by Gasteiger charge is 2.38. The van der Waals surface area contributed by atoms with Gasteiger partial charge in [-0.25, -0.2) is 0 Å². The Hall–Kier alpha value is -1.75. The number of rotatable bonds is 3. The number of anilines is 2. The first-order valence-corrected chi connectivity index (χ1v) is 9.63. The predicted octanol–water partition coefficient (Wildman–Crippen LogP) is 2.90. The Balaban J connectivity index is 1.38. The number of amides is 2. The van der Waals surface area contributed by atoms with Crippen LogP contribution in [-0.2, 0) is 16.0 Å². The first kappa shape index (κ1) is 16.7. The van der Waals surface area contributed by atoms with Gasteiger partial charge in [0.25, 0.3) is 0 Å². The number of benzene rings is 1. The summed E-state index contributed by atoms with van der Waals surface area (Å²) in [6, 6.07) is 6.29. The van der Waals surface area contributed by atoms with E-state index in [-0.39, 0.29) is 23.1 Å². The van der Waals surface area contributed by atoms with Crippen molar-refractivity contribution < 1.29 is 9.59 Å².